The van der Waals surface area contributed by atoms with Gasteiger partial charge >= 0.3 is 5.97 Å². The molecule has 0 spiro atoms. The molecule has 0 heterocycles. The van der Waals surface area contributed by atoms with Gasteiger partial charge in [-0.3, -0.25) is 4.79 Å². The largest absolute Gasteiger partial charge is 0.481 e. The van der Waals surface area contributed by atoms with Crippen molar-refractivity contribution in [1.82, 2.24) is 0 Å². The number of carbonyl (C=O) groups is 1. The predicted octanol–water partition coefficient (Wildman–Crippen LogP) is 2.58. The summed E-state index contributed by atoms with van der Waals surface area (Å²) in [4.78, 5) is 10.7. The Hall–Kier alpha value is -0.870. The van der Waals surface area contributed by atoms with Crippen LogP contribution in [-0.2, 0) is 4.79 Å². The molecule has 0 amide bonds. The first-order chi connectivity index (χ1) is 7.45. The van der Waals surface area contributed by atoms with E-state index in [1.165, 1.54) is 0 Å². The van der Waals surface area contributed by atoms with Gasteiger partial charge in [0.25, 0.3) is 0 Å². The summed E-state index contributed by atoms with van der Waals surface area (Å²) in [5, 5.41) is 8.80. The van der Waals surface area contributed by atoms with Crippen molar-refractivity contribution in [2.24, 2.45) is 5.73 Å². The number of benzene rings is 1. The van der Waals surface area contributed by atoms with E-state index in [0.717, 1.165) is 21.2 Å². The summed E-state index contributed by atoms with van der Waals surface area (Å²) in [6.07, 6.45) is 0.0804. The van der Waals surface area contributed by atoms with E-state index in [1.807, 2.05) is 26.0 Å². The van der Waals surface area contributed by atoms with Crippen LogP contribution in [0.3, 0.4) is 0 Å². The van der Waals surface area contributed by atoms with Crippen molar-refractivity contribution in [3.63, 3.8) is 0 Å². The molecule has 0 aliphatic carbocycles. The summed E-state index contributed by atoms with van der Waals surface area (Å²) in [5.41, 5.74) is 8.84. The van der Waals surface area contributed by atoms with Crippen LogP contribution in [0, 0.1) is 13.8 Å². The molecule has 1 atom stereocenters. The van der Waals surface area contributed by atoms with E-state index in [-0.39, 0.29) is 12.3 Å². The first-order valence-electron chi connectivity index (χ1n) is 5.14. The molecule has 4 heteroatoms. The van der Waals surface area contributed by atoms with E-state index < -0.39 is 5.97 Å². The molecule has 1 rings (SSSR count). The zero-order valence-corrected chi connectivity index (χ0v) is 11.0. The Morgan fingerprint density at radius 3 is 2.31 bits per heavy atom. The molecular weight excluding hydrogens is 270 g/mol. The monoisotopic (exact) mass is 285 g/mol. The van der Waals surface area contributed by atoms with Crippen LogP contribution in [0.5, 0.6) is 0 Å². The molecule has 0 bridgehead atoms. The van der Waals surface area contributed by atoms with Gasteiger partial charge in [-0.15, -0.1) is 0 Å². The van der Waals surface area contributed by atoms with Crippen molar-refractivity contribution < 1.29 is 9.90 Å². The van der Waals surface area contributed by atoms with Crippen molar-refractivity contribution >= 4 is 21.9 Å². The molecule has 0 aliphatic rings. The topological polar surface area (TPSA) is 63.3 Å². The fraction of sp³-hybridized carbons (Fsp3) is 0.417. The van der Waals surface area contributed by atoms with E-state index in [1.54, 1.807) is 0 Å². The Balaban J connectivity index is 3.06. The van der Waals surface area contributed by atoms with Gasteiger partial charge in [-0.25, -0.2) is 0 Å². The molecule has 88 valence electrons. The van der Waals surface area contributed by atoms with Gasteiger partial charge in [-0.05, 0) is 37.1 Å². The van der Waals surface area contributed by atoms with Gasteiger partial charge in [0.1, 0.15) is 0 Å². The van der Waals surface area contributed by atoms with Crippen molar-refractivity contribution in [3.8, 4) is 0 Å². The predicted molar refractivity (Wildman–Crippen MR) is 67.7 cm³/mol. The number of rotatable bonds is 4. The number of hydrogen-bond donors (Lipinski definition) is 2. The van der Waals surface area contributed by atoms with E-state index >= 15 is 0 Å². The van der Waals surface area contributed by atoms with Crippen molar-refractivity contribution in [3.05, 3.63) is 33.3 Å². The third kappa shape index (κ3) is 3.06. The Morgan fingerprint density at radius 2 is 1.94 bits per heavy atom. The molecule has 1 aromatic rings. The molecule has 0 saturated carbocycles. The number of aliphatic carboxylic acids is 1. The standard InChI is InChI=1S/C12H16BrNO2/c1-7-3-9(4-8(2)12(7)13)10(6-14)5-11(15)16/h3-4,10H,5-6,14H2,1-2H3,(H,15,16). The molecule has 3 N–H and O–H groups in total. The molecule has 0 fully saturated rings. The van der Waals surface area contributed by atoms with E-state index in [0.29, 0.717) is 6.54 Å². The van der Waals surface area contributed by atoms with Crippen molar-refractivity contribution in [2.45, 2.75) is 26.2 Å². The number of nitrogens with two attached hydrogens (primary N) is 1. The van der Waals surface area contributed by atoms with Crippen LogP contribution in [-0.4, -0.2) is 17.6 Å². The SMILES string of the molecule is Cc1cc(C(CN)CC(=O)O)cc(C)c1Br. The lowest BCUT2D eigenvalue weighted by atomic mass is 9.93. The lowest BCUT2D eigenvalue weighted by Gasteiger charge is -2.15. The van der Waals surface area contributed by atoms with Crippen molar-refractivity contribution in [2.75, 3.05) is 6.54 Å². The first kappa shape index (κ1) is 13.2. The Labute approximate surface area is 104 Å². The average Bonchev–Trinajstić information content (AvgIpc) is 2.21. The highest BCUT2D eigenvalue weighted by molar-refractivity contribution is 9.10. The molecule has 1 unspecified atom stereocenters. The lowest BCUT2D eigenvalue weighted by Crippen LogP contribution is -2.16. The van der Waals surface area contributed by atoms with Crippen LogP contribution in [0.1, 0.15) is 29.0 Å². The summed E-state index contributed by atoms with van der Waals surface area (Å²) in [6, 6.07) is 4.00. The summed E-state index contributed by atoms with van der Waals surface area (Å²) in [5.74, 6) is -0.920. The minimum Gasteiger partial charge on any atom is -0.481 e. The minimum atomic E-state index is -0.811. The second kappa shape index (κ2) is 5.46. The van der Waals surface area contributed by atoms with E-state index in [9.17, 15) is 4.79 Å². The second-order valence-electron chi connectivity index (χ2n) is 4.00. The van der Waals surface area contributed by atoms with E-state index in [4.69, 9.17) is 10.8 Å². The molecule has 0 aromatic heterocycles. The van der Waals surface area contributed by atoms with Crippen LogP contribution in [0.2, 0.25) is 0 Å². The Morgan fingerprint density at radius 1 is 1.44 bits per heavy atom. The summed E-state index contributed by atoms with van der Waals surface area (Å²) < 4.78 is 1.07. The van der Waals surface area contributed by atoms with E-state index in [2.05, 4.69) is 15.9 Å². The number of carboxylic acids is 1. The summed E-state index contributed by atoms with van der Waals surface area (Å²) in [6.45, 7) is 4.34. The Kier molecular flexibility index (Phi) is 4.50. The molecule has 3 nitrogen and oxygen atoms in total. The zero-order valence-electron chi connectivity index (χ0n) is 9.46. The van der Waals surface area contributed by atoms with Gasteiger partial charge < -0.3 is 10.8 Å². The summed E-state index contributed by atoms with van der Waals surface area (Å²) in [7, 11) is 0. The smallest absolute Gasteiger partial charge is 0.304 e. The van der Waals surface area contributed by atoms with Crippen LogP contribution < -0.4 is 5.73 Å². The minimum absolute atomic E-state index is 0.0804. The molecule has 0 aliphatic heterocycles. The highest BCUT2D eigenvalue weighted by atomic mass is 79.9. The van der Waals surface area contributed by atoms with Gasteiger partial charge in [0, 0.05) is 10.4 Å². The number of halogens is 1. The highest BCUT2D eigenvalue weighted by Gasteiger charge is 2.15. The fourth-order valence-electron chi connectivity index (χ4n) is 1.76. The van der Waals surface area contributed by atoms with Gasteiger partial charge in [-0.2, -0.15) is 0 Å². The third-order valence-corrected chi connectivity index (χ3v) is 3.89. The first-order valence-corrected chi connectivity index (χ1v) is 5.93. The van der Waals surface area contributed by atoms with Crippen LogP contribution in [0.4, 0.5) is 0 Å². The van der Waals surface area contributed by atoms with Crippen LogP contribution >= 0.6 is 15.9 Å². The van der Waals surface area contributed by atoms with Crippen LogP contribution in [0.15, 0.2) is 16.6 Å². The zero-order chi connectivity index (χ0) is 12.3. The van der Waals surface area contributed by atoms with Gasteiger partial charge in [0.05, 0.1) is 6.42 Å². The fourth-order valence-corrected chi connectivity index (χ4v) is 1.99. The normalized spacial score (nSPS) is 12.5. The van der Waals surface area contributed by atoms with Crippen LogP contribution in [0.25, 0.3) is 0 Å². The van der Waals surface area contributed by atoms with Gasteiger partial charge in [0.15, 0.2) is 0 Å². The molecule has 0 radical (unpaired) electrons. The molecule has 0 saturated heterocycles. The highest BCUT2D eigenvalue weighted by Crippen LogP contribution is 2.27. The van der Waals surface area contributed by atoms with Crippen molar-refractivity contribution in [1.29, 1.82) is 0 Å². The molecular formula is C12H16BrNO2. The number of hydrogen-bond acceptors (Lipinski definition) is 2. The molecule has 16 heavy (non-hydrogen) atoms. The van der Waals surface area contributed by atoms with Gasteiger partial charge in [0.2, 0.25) is 0 Å². The second-order valence-corrected chi connectivity index (χ2v) is 4.79. The molecule has 1 aromatic carbocycles. The maximum Gasteiger partial charge on any atom is 0.304 e. The van der Waals surface area contributed by atoms with Gasteiger partial charge in [-0.1, -0.05) is 28.1 Å². The quantitative estimate of drug-likeness (QED) is 0.894. The Bertz CT molecular complexity index is 381. The maximum absolute atomic E-state index is 10.7. The maximum atomic E-state index is 10.7. The number of aryl methyl sites for hydroxylation is 2. The lowest BCUT2D eigenvalue weighted by molar-refractivity contribution is -0.137. The average molecular weight is 286 g/mol. The summed E-state index contributed by atoms with van der Waals surface area (Å²) >= 11 is 3.49. The number of carboxylic acid groups (broad SMARTS) is 1. The third-order valence-electron chi connectivity index (χ3n) is 2.64.